The number of amides is 1. The zero-order chi connectivity index (χ0) is 41.1. The predicted molar refractivity (Wildman–Crippen MR) is 248 cm³/mol. The Labute approximate surface area is 352 Å². The van der Waals surface area contributed by atoms with Crippen molar-refractivity contribution >= 4 is 11.7 Å². The highest BCUT2D eigenvalue weighted by atomic mass is 16.7. The fraction of sp³-hybridized carbons (Fsp3) is 0.489. The van der Waals surface area contributed by atoms with Crippen LogP contribution in [0.1, 0.15) is 109 Å². The molecule has 1 saturated heterocycles. The van der Waals surface area contributed by atoms with Crippen molar-refractivity contribution in [2.75, 3.05) is 19.6 Å². The number of terminal acetylenes is 1. The Hall–Kier alpha value is -6.83. The molecule has 0 radical (unpaired) electrons. The van der Waals surface area contributed by atoms with E-state index in [0.717, 1.165) is 31.3 Å². The van der Waals surface area contributed by atoms with Crippen LogP contribution in [0, 0.1) is 176 Å². The van der Waals surface area contributed by atoms with E-state index in [0.29, 0.717) is 18.4 Å². The molecule has 4 rings (SSSR count). The molecular weight excluding hydrogens is 699 g/mol. The highest BCUT2D eigenvalue weighted by molar-refractivity contribution is 5.82. The average Bonchev–Trinajstić information content (AvgIpc) is 3.59. The van der Waals surface area contributed by atoms with Crippen LogP contribution in [0.4, 0.5) is 0 Å². The summed E-state index contributed by atoms with van der Waals surface area (Å²) in [5.74, 6) is 55.4. The molecule has 4 atom stereocenters. The summed E-state index contributed by atoms with van der Waals surface area (Å²) in [4.78, 5) is 43.1. The summed E-state index contributed by atoms with van der Waals surface area (Å²) in [7, 11) is 0. The second-order valence-electron chi connectivity index (χ2n) is 13.1. The van der Waals surface area contributed by atoms with Crippen LogP contribution < -0.4 is 5.32 Å². The van der Waals surface area contributed by atoms with Gasteiger partial charge in [-0.25, -0.2) is 0 Å². The van der Waals surface area contributed by atoms with Gasteiger partial charge in [-0.15, -0.1) is 12.0 Å². The van der Waals surface area contributed by atoms with E-state index in [9.17, 15) is 9.59 Å². The number of hydrogen-bond acceptors (Lipinski definition) is 6. The van der Waals surface area contributed by atoms with E-state index >= 15 is 0 Å². The quantitative estimate of drug-likeness (QED) is 0.124. The van der Waals surface area contributed by atoms with Crippen LogP contribution in [-0.2, 0) is 9.59 Å². The van der Waals surface area contributed by atoms with Crippen molar-refractivity contribution in [1.29, 1.82) is 5.53 Å². The smallest absolute Gasteiger partial charge is 0.234 e. The Bertz CT molecular complexity index is 2110. The van der Waals surface area contributed by atoms with Crippen LogP contribution in [-0.4, -0.2) is 42.3 Å². The summed E-state index contributed by atoms with van der Waals surface area (Å²) in [6.07, 6.45) is 20.6. The Morgan fingerprint density at radius 3 is 1.52 bits per heavy atom. The fourth-order valence-corrected chi connectivity index (χ4v) is 7.65. The van der Waals surface area contributed by atoms with Gasteiger partial charge in [-0.3, -0.25) is 14.5 Å². The molecule has 1 aliphatic heterocycles. The summed E-state index contributed by atoms with van der Waals surface area (Å²) in [5, 5.41) is 3.33. The van der Waals surface area contributed by atoms with Gasteiger partial charge in [0.05, 0.1) is 6.54 Å². The van der Waals surface area contributed by atoms with Gasteiger partial charge in [0.25, 0.3) is 0 Å². The molecule has 4 aliphatic rings. The minimum atomic E-state index is 0. The summed E-state index contributed by atoms with van der Waals surface area (Å²) in [5.41, 5.74) is 12.2. The largest absolute Gasteiger partial charge is 0.351 e. The van der Waals surface area contributed by atoms with Crippen LogP contribution in [0.2, 0.25) is 0 Å². The van der Waals surface area contributed by atoms with Gasteiger partial charge < -0.3 is 5.32 Å². The lowest BCUT2D eigenvalue weighted by atomic mass is 9.76. The van der Waals surface area contributed by atoms with E-state index < -0.39 is 0 Å². The topological polar surface area (TPSA) is 144 Å². The Morgan fingerprint density at radius 2 is 1.07 bits per heavy atom. The molecule has 0 spiro atoms. The maximum Gasteiger partial charge on any atom is 0.234 e. The van der Waals surface area contributed by atoms with Crippen molar-refractivity contribution in [1.82, 2.24) is 10.2 Å². The summed E-state index contributed by atoms with van der Waals surface area (Å²) < 4.78 is 0. The first-order valence-corrected chi connectivity index (χ1v) is 18.5. The SMILES string of the molecule is C#CC#CC#CC#CC#CC#CC#CC#CC#CC#CC#CC.CC(=O)C1CC2CCCCC2C1NC(=O)CN1CCC(C2CCCCC2)CC1.O=O.[HH].[HH].[HH].[HH].[HH].[HH].[HH].[HH].[HH].[HH].[HH].[HH].[HH].[N-]=[N+]=N. The molecule has 56 heavy (non-hydrogen) atoms. The highest BCUT2D eigenvalue weighted by Crippen LogP contribution is 2.45. The van der Waals surface area contributed by atoms with Gasteiger partial charge in [0.15, 0.2) is 0 Å². The van der Waals surface area contributed by atoms with Gasteiger partial charge in [-0.2, -0.15) is 0 Å². The molecule has 4 fully saturated rings. The third kappa shape index (κ3) is 20.4. The predicted octanol–water partition coefficient (Wildman–Crippen LogP) is 8.99. The van der Waals surface area contributed by atoms with Crippen molar-refractivity contribution in [2.45, 2.75) is 96.9 Å². The van der Waals surface area contributed by atoms with Crippen molar-refractivity contribution in [3.8, 4) is 131 Å². The molecule has 3 aliphatic carbocycles. The van der Waals surface area contributed by atoms with Crippen LogP contribution in [0.5, 0.6) is 0 Å². The number of nitrogens with zero attached hydrogens (tertiary/aromatic N) is 3. The second-order valence-corrected chi connectivity index (χ2v) is 13.1. The molecule has 2 N–H and O–H groups in total. The van der Waals surface area contributed by atoms with Crippen molar-refractivity contribution in [3.05, 3.63) is 20.4 Å². The van der Waals surface area contributed by atoms with Crippen molar-refractivity contribution in [2.24, 2.45) is 29.6 Å². The Morgan fingerprint density at radius 1 is 0.679 bits per heavy atom. The summed E-state index contributed by atoms with van der Waals surface area (Å²) in [6.45, 7) is 6.08. The molecule has 0 aromatic rings. The summed E-state index contributed by atoms with van der Waals surface area (Å²) in [6, 6.07) is 0.0927. The average molecular weight is 770 g/mol. The molecule has 1 heterocycles. The first-order chi connectivity index (χ1) is 27.4. The molecule has 3 saturated carbocycles. The monoisotopic (exact) mass is 770 g/mol. The molecule has 4 unspecified atom stereocenters. The minimum Gasteiger partial charge on any atom is -0.351 e. The molecule has 9 heteroatoms. The van der Waals surface area contributed by atoms with Gasteiger partial charge >= 0.3 is 0 Å². The van der Waals surface area contributed by atoms with Crippen LogP contribution in [0.25, 0.3) is 10.4 Å². The van der Waals surface area contributed by atoms with E-state index in [2.05, 4.69) is 135 Å². The van der Waals surface area contributed by atoms with Crippen molar-refractivity contribution < 1.29 is 28.1 Å². The lowest BCUT2D eigenvalue weighted by Crippen LogP contribution is -2.49. The molecule has 0 bridgehead atoms. The van der Waals surface area contributed by atoms with Gasteiger partial charge in [0.1, 0.15) is 5.78 Å². The summed E-state index contributed by atoms with van der Waals surface area (Å²) >= 11 is 0. The van der Waals surface area contributed by atoms with Crippen molar-refractivity contribution in [3.63, 3.8) is 0 Å². The normalized spacial score (nSPS) is 19.5. The second kappa shape index (κ2) is 31.7. The number of carbonyl (C=O) groups is 2. The third-order valence-corrected chi connectivity index (χ3v) is 9.91. The number of rotatable bonds is 5. The lowest BCUT2D eigenvalue weighted by Gasteiger charge is -2.37. The number of fused-ring (bicyclic) bond motifs is 1. The van der Waals surface area contributed by atoms with Crippen LogP contribution in [0.15, 0.2) is 0 Å². The van der Waals surface area contributed by atoms with Gasteiger partial charge in [0.2, 0.25) is 5.91 Å². The van der Waals surface area contributed by atoms with E-state index in [-0.39, 0.29) is 42.2 Å². The number of nitrogens with one attached hydrogen (secondary N) is 2. The molecule has 9 nitrogen and oxygen atoms in total. The van der Waals surface area contributed by atoms with Crippen LogP contribution in [0.3, 0.4) is 0 Å². The van der Waals surface area contributed by atoms with Gasteiger partial charge in [-0.1, -0.05) is 57.3 Å². The Balaban J connectivity index is -0.0000000651. The lowest BCUT2D eigenvalue weighted by molar-refractivity contribution is -0.125. The Kier molecular flexibility index (Phi) is 26.7. The maximum atomic E-state index is 12.8. The van der Waals surface area contributed by atoms with E-state index in [1.807, 2.05) is 0 Å². The van der Waals surface area contributed by atoms with Crippen LogP contribution >= 0.6 is 0 Å². The fourth-order valence-electron chi connectivity index (χ4n) is 7.65. The zero-order valence-corrected chi connectivity index (χ0v) is 32.1. The van der Waals surface area contributed by atoms with E-state index in [4.69, 9.17) is 27.4 Å². The first-order valence-electron chi connectivity index (χ1n) is 18.5. The molecule has 0 aromatic carbocycles. The molecule has 0 aromatic heterocycles. The molecular formula is C47H71N5O4. The number of likely N-dealkylation sites (tertiary alicyclic amines) is 1. The first kappa shape index (κ1) is 47.2. The molecule has 308 valence electrons. The maximum absolute atomic E-state index is 12.8. The van der Waals surface area contributed by atoms with Gasteiger partial charge in [0, 0.05) is 64.1 Å². The zero-order valence-electron chi connectivity index (χ0n) is 32.1. The molecule has 1 amide bonds. The third-order valence-electron chi connectivity index (χ3n) is 9.91. The number of Topliss-reactive ketones (excluding diaryl/α,β-unsaturated/α-hetero) is 1. The number of ketones is 1. The minimum absolute atomic E-state index is 0. The number of piperidine rings is 1. The standard InChI is InChI=1S/C24H40N2O2.C23H4.HN3.O2.13H2/c1-17(27)22-15-20-9-5-6-10-21(20)24(22)25-23(28)16-26-13-11-19(12-14-26)18-7-3-2-4-8-18;1-3-5-7-9-11-13-15-17-19-21-23-22-20-18-16-14-12-10-8-6-4-2;1-3-2;1-2;;;;;;;;;;;;;/h18-22,24H,2-16H2,1H3,(H,25,28);1H,2H3;1H;;13*1H. The van der Waals surface area contributed by atoms with E-state index in [1.165, 1.54) is 70.6 Å². The number of hydrogen-bond donors (Lipinski definition) is 2. The van der Waals surface area contributed by atoms with E-state index in [1.54, 1.807) is 18.8 Å². The highest BCUT2D eigenvalue weighted by Gasteiger charge is 2.46. The number of carbonyl (C=O) groups excluding carboxylic acids is 2. The van der Waals surface area contributed by atoms with Gasteiger partial charge in [-0.05, 0) is 181 Å².